The standard InChI is InChI=1S/C14H13BrFN5O/c1-21-14(22)13(15)11(7-18-21)17-5-4-12-19-9-3-2-8(16)6-10(9)20-12/h2-3,6-7,17H,4-5H2,1H3,(H,19,20). The van der Waals surface area contributed by atoms with Crippen LogP contribution in [0.2, 0.25) is 0 Å². The Morgan fingerprint density at radius 2 is 2.27 bits per heavy atom. The van der Waals surface area contributed by atoms with Crippen LogP contribution in [0, 0.1) is 5.82 Å². The summed E-state index contributed by atoms with van der Waals surface area (Å²) < 4.78 is 14.8. The molecule has 0 aliphatic heterocycles. The minimum atomic E-state index is -0.295. The molecular formula is C14H13BrFN5O. The molecule has 0 saturated carbocycles. The third kappa shape index (κ3) is 2.87. The van der Waals surface area contributed by atoms with E-state index in [0.717, 1.165) is 11.3 Å². The third-order valence-corrected chi connectivity index (χ3v) is 4.01. The summed E-state index contributed by atoms with van der Waals surface area (Å²) in [6, 6.07) is 4.44. The van der Waals surface area contributed by atoms with Gasteiger partial charge in [-0.15, -0.1) is 0 Å². The molecule has 0 spiro atoms. The lowest BCUT2D eigenvalue weighted by molar-refractivity contribution is 0.629. The molecule has 0 fully saturated rings. The van der Waals surface area contributed by atoms with Crippen LogP contribution in [-0.4, -0.2) is 26.3 Å². The van der Waals surface area contributed by atoms with Crippen molar-refractivity contribution in [1.82, 2.24) is 19.7 Å². The van der Waals surface area contributed by atoms with Crippen LogP contribution in [0.4, 0.5) is 10.1 Å². The molecule has 0 aliphatic rings. The zero-order chi connectivity index (χ0) is 15.7. The van der Waals surface area contributed by atoms with Gasteiger partial charge >= 0.3 is 0 Å². The fourth-order valence-electron chi connectivity index (χ4n) is 2.10. The second-order valence-corrected chi connectivity index (χ2v) is 5.62. The smallest absolute Gasteiger partial charge is 0.282 e. The maximum Gasteiger partial charge on any atom is 0.282 e. The molecule has 1 aromatic carbocycles. The van der Waals surface area contributed by atoms with Crippen LogP contribution in [0.15, 0.2) is 33.7 Å². The van der Waals surface area contributed by atoms with E-state index >= 15 is 0 Å². The Kier molecular flexibility index (Phi) is 3.93. The minimum absolute atomic E-state index is 0.204. The molecule has 0 saturated heterocycles. The van der Waals surface area contributed by atoms with E-state index in [2.05, 4.69) is 36.3 Å². The van der Waals surface area contributed by atoms with Crippen molar-refractivity contribution in [3.63, 3.8) is 0 Å². The lowest BCUT2D eigenvalue weighted by Gasteiger charge is -2.07. The average molecular weight is 366 g/mol. The van der Waals surface area contributed by atoms with E-state index < -0.39 is 0 Å². The summed E-state index contributed by atoms with van der Waals surface area (Å²) in [5.41, 5.74) is 1.83. The van der Waals surface area contributed by atoms with Crippen molar-refractivity contribution in [2.24, 2.45) is 7.05 Å². The van der Waals surface area contributed by atoms with Crippen LogP contribution in [0.1, 0.15) is 5.82 Å². The molecule has 3 rings (SSSR count). The molecule has 8 heteroatoms. The first-order valence-electron chi connectivity index (χ1n) is 6.64. The van der Waals surface area contributed by atoms with E-state index in [0.29, 0.717) is 28.6 Å². The van der Waals surface area contributed by atoms with Gasteiger partial charge in [0.2, 0.25) is 0 Å². The van der Waals surface area contributed by atoms with Crippen molar-refractivity contribution in [3.8, 4) is 0 Å². The molecule has 0 unspecified atom stereocenters. The van der Waals surface area contributed by atoms with Crippen molar-refractivity contribution < 1.29 is 4.39 Å². The van der Waals surface area contributed by atoms with Gasteiger partial charge < -0.3 is 10.3 Å². The van der Waals surface area contributed by atoms with Gasteiger partial charge in [0, 0.05) is 20.0 Å². The first kappa shape index (κ1) is 14.7. The number of aromatic amines is 1. The molecule has 0 aliphatic carbocycles. The van der Waals surface area contributed by atoms with Gasteiger partial charge in [0.05, 0.1) is 22.9 Å². The Balaban J connectivity index is 1.70. The van der Waals surface area contributed by atoms with Crippen LogP contribution in [0.3, 0.4) is 0 Å². The molecule has 3 aromatic rings. The molecule has 2 aromatic heterocycles. The maximum absolute atomic E-state index is 13.1. The molecule has 0 atom stereocenters. The number of fused-ring (bicyclic) bond motifs is 1. The van der Waals surface area contributed by atoms with Crippen LogP contribution in [-0.2, 0) is 13.5 Å². The van der Waals surface area contributed by atoms with E-state index in [1.54, 1.807) is 19.3 Å². The van der Waals surface area contributed by atoms with Gasteiger partial charge in [0.15, 0.2) is 0 Å². The van der Waals surface area contributed by atoms with Gasteiger partial charge in [0.25, 0.3) is 5.56 Å². The van der Waals surface area contributed by atoms with Gasteiger partial charge in [-0.1, -0.05) is 0 Å². The molecule has 22 heavy (non-hydrogen) atoms. The normalized spacial score (nSPS) is 11.0. The number of hydrogen-bond acceptors (Lipinski definition) is 4. The summed E-state index contributed by atoms with van der Waals surface area (Å²) in [6.07, 6.45) is 2.19. The van der Waals surface area contributed by atoms with E-state index in [1.807, 2.05) is 0 Å². The quantitative estimate of drug-likeness (QED) is 0.743. The van der Waals surface area contributed by atoms with E-state index in [9.17, 15) is 9.18 Å². The Bertz CT molecular complexity index is 889. The number of rotatable bonds is 4. The number of H-pyrrole nitrogens is 1. The number of imidazole rings is 1. The average Bonchev–Trinajstić information content (AvgIpc) is 2.89. The van der Waals surface area contributed by atoms with Crippen LogP contribution < -0.4 is 10.9 Å². The minimum Gasteiger partial charge on any atom is -0.382 e. The highest BCUT2D eigenvalue weighted by Crippen LogP contribution is 2.16. The Labute approximate surface area is 133 Å². The molecule has 2 N–H and O–H groups in total. The van der Waals surface area contributed by atoms with Crippen LogP contribution in [0.5, 0.6) is 0 Å². The molecular weight excluding hydrogens is 353 g/mol. The van der Waals surface area contributed by atoms with Gasteiger partial charge in [0.1, 0.15) is 16.1 Å². The van der Waals surface area contributed by atoms with Crippen LogP contribution >= 0.6 is 15.9 Å². The largest absolute Gasteiger partial charge is 0.382 e. The van der Waals surface area contributed by atoms with Crippen molar-refractivity contribution in [3.05, 3.63) is 50.9 Å². The second-order valence-electron chi connectivity index (χ2n) is 4.82. The maximum atomic E-state index is 13.1. The third-order valence-electron chi connectivity index (χ3n) is 3.25. The van der Waals surface area contributed by atoms with Crippen molar-refractivity contribution in [1.29, 1.82) is 0 Å². The fraction of sp³-hybridized carbons (Fsp3) is 0.214. The van der Waals surface area contributed by atoms with Gasteiger partial charge in [-0.25, -0.2) is 14.1 Å². The molecule has 6 nitrogen and oxygen atoms in total. The number of benzene rings is 1. The van der Waals surface area contributed by atoms with E-state index in [1.165, 1.54) is 16.8 Å². The summed E-state index contributed by atoms with van der Waals surface area (Å²) in [7, 11) is 1.59. The van der Waals surface area contributed by atoms with Gasteiger partial charge in [-0.2, -0.15) is 5.10 Å². The first-order chi connectivity index (χ1) is 10.5. The summed E-state index contributed by atoms with van der Waals surface area (Å²) in [5.74, 6) is 0.456. The number of halogens is 2. The summed E-state index contributed by atoms with van der Waals surface area (Å²) in [4.78, 5) is 19.2. The Hall–Kier alpha value is -2.22. The zero-order valence-corrected chi connectivity index (χ0v) is 13.3. The molecule has 114 valence electrons. The highest BCUT2D eigenvalue weighted by atomic mass is 79.9. The summed E-state index contributed by atoms with van der Waals surface area (Å²) >= 11 is 3.25. The Morgan fingerprint density at radius 1 is 1.45 bits per heavy atom. The van der Waals surface area contributed by atoms with Crippen molar-refractivity contribution in [2.75, 3.05) is 11.9 Å². The number of anilines is 1. The predicted octanol–water partition coefficient (Wildman–Crippen LogP) is 2.21. The van der Waals surface area contributed by atoms with E-state index in [-0.39, 0.29) is 11.4 Å². The zero-order valence-electron chi connectivity index (χ0n) is 11.7. The molecule has 2 heterocycles. The lowest BCUT2D eigenvalue weighted by Crippen LogP contribution is -2.21. The van der Waals surface area contributed by atoms with E-state index in [4.69, 9.17) is 0 Å². The molecule has 0 amide bonds. The number of hydrogen-bond donors (Lipinski definition) is 2. The monoisotopic (exact) mass is 365 g/mol. The fourth-order valence-corrected chi connectivity index (χ4v) is 2.60. The lowest BCUT2D eigenvalue weighted by atomic mass is 10.3. The number of nitrogens with one attached hydrogen (secondary N) is 2. The highest BCUT2D eigenvalue weighted by Gasteiger charge is 2.07. The topological polar surface area (TPSA) is 75.6 Å². The number of aryl methyl sites for hydroxylation is 1. The van der Waals surface area contributed by atoms with Gasteiger partial charge in [-0.05, 0) is 34.1 Å². The summed E-state index contributed by atoms with van der Waals surface area (Å²) in [6.45, 7) is 0.565. The first-order valence-corrected chi connectivity index (χ1v) is 7.44. The SMILES string of the molecule is Cn1ncc(NCCc2nc3ccc(F)cc3[nH]2)c(Br)c1=O. The van der Waals surface area contributed by atoms with Crippen molar-refractivity contribution >= 4 is 32.7 Å². The molecule has 0 bridgehead atoms. The Morgan fingerprint density at radius 3 is 3.09 bits per heavy atom. The summed E-state index contributed by atoms with van der Waals surface area (Å²) in [5, 5.41) is 7.08. The van der Waals surface area contributed by atoms with Gasteiger partial charge in [-0.3, -0.25) is 4.79 Å². The second kappa shape index (κ2) is 5.88. The highest BCUT2D eigenvalue weighted by molar-refractivity contribution is 9.10. The number of nitrogens with zero attached hydrogens (tertiary/aromatic N) is 3. The number of aromatic nitrogens is 4. The van der Waals surface area contributed by atoms with Crippen molar-refractivity contribution in [2.45, 2.75) is 6.42 Å². The van der Waals surface area contributed by atoms with Crippen LogP contribution in [0.25, 0.3) is 11.0 Å². The predicted molar refractivity (Wildman–Crippen MR) is 85.4 cm³/mol. The molecule has 0 radical (unpaired) electrons.